The van der Waals surface area contributed by atoms with Crippen LogP contribution in [0.2, 0.25) is 0 Å². The van der Waals surface area contributed by atoms with Crippen molar-refractivity contribution in [2.75, 3.05) is 13.2 Å². The van der Waals surface area contributed by atoms with Crippen molar-refractivity contribution in [3.8, 4) is 0 Å². The average Bonchev–Trinajstić information content (AvgIpc) is 2.99. The van der Waals surface area contributed by atoms with Crippen molar-refractivity contribution in [1.82, 2.24) is 0 Å². The van der Waals surface area contributed by atoms with Gasteiger partial charge in [0.25, 0.3) is 0 Å². The molecule has 0 aromatic heterocycles. The van der Waals surface area contributed by atoms with Crippen molar-refractivity contribution in [3.63, 3.8) is 0 Å². The molecular formula is C37H70O5. The maximum atomic E-state index is 12.1. The molecule has 0 rings (SSSR count). The molecule has 0 aliphatic carbocycles. The van der Waals surface area contributed by atoms with Gasteiger partial charge < -0.3 is 14.6 Å². The normalized spacial score (nSPS) is 12.2. The fraction of sp³-hybridized carbons (Fsp3) is 0.892. The molecule has 42 heavy (non-hydrogen) atoms. The topological polar surface area (TPSA) is 72.8 Å². The smallest absolute Gasteiger partial charge is 0.306 e. The van der Waals surface area contributed by atoms with Crippen LogP contribution in [0.3, 0.4) is 0 Å². The third kappa shape index (κ3) is 31.6. The molecule has 0 unspecified atom stereocenters. The molecule has 0 radical (unpaired) electrons. The molecule has 0 heterocycles. The summed E-state index contributed by atoms with van der Waals surface area (Å²) in [4.78, 5) is 24.1. The van der Waals surface area contributed by atoms with Crippen LogP contribution in [0.1, 0.15) is 194 Å². The van der Waals surface area contributed by atoms with Crippen LogP contribution in [-0.4, -0.2) is 36.4 Å². The van der Waals surface area contributed by atoms with E-state index < -0.39 is 6.10 Å². The van der Waals surface area contributed by atoms with E-state index in [1.807, 2.05) is 0 Å². The van der Waals surface area contributed by atoms with E-state index in [4.69, 9.17) is 9.47 Å². The van der Waals surface area contributed by atoms with E-state index in [0.717, 1.165) is 44.9 Å². The lowest BCUT2D eigenvalue weighted by molar-refractivity contribution is -0.161. The standard InChI is InChI=1S/C37H70O5/c1-3-5-7-9-11-13-15-17-18-20-21-23-25-27-29-31-36(39)41-34-35(33-38)42-37(40)32-30-28-26-24-22-19-16-14-12-10-8-6-4-2/h17-18,35,38H,3-16,19-34H2,1-2H3/b18-17+/t35-/m1/s1. The molecule has 1 N–H and O–H groups in total. The van der Waals surface area contributed by atoms with E-state index in [9.17, 15) is 14.7 Å². The van der Waals surface area contributed by atoms with Gasteiger partial charge >= 0.3 is 11.9 Å². The number of aliphatic hydroxyl groups is 1. The lowest BCUT2D eigenvalue weighted by atomic mass is 10.0. The number of hydrogen-bond donors (Lipinski definition) is 1. The van der Waals surface area contributed by atoms with Gasteiger partial charge in [-0.2, -0.15) is 0 Å². The van der Waals surface area contributed by atoms with E-state index in [2.05, 4.69) is 26.0 Å². The fourth-order valence-corrected chi connectivity index (χ4v) is 5.25. The minimum absolute atomic E-state index is 0.0647. The maximum Gasteiger partial charge on any atom is 0.306 e. The fourth-order valence-electron chi connectivity index (χ4n) is 5.25. The molecule has 248 valence electrons. The number of esters is 2. The van der Waals surface area contributed by atoms with Gasteiger partial charge in [0.05, 0.1) is 6.61 Å². The van der Waals surface area contributed by atoms with E-state index in [1.165, 1.54) is 122 Å². The van der Waals surface area contributed by atoms with Crippen LogP contribution in [0, 0.1) is 0 Å². The highest BCUT2D eigenvalue weighted by atomic mass is 16.6. The van der Waals surface area contributed by atoms with Crippen molar-refractivity contribution in [2.45, 2.75) is 200 Å². The zero-order valence-corrected chi connectivity index (χ0v) is 28.0. The Bertz CT molecular complexity index is 603. The molecule has 0 saturated carbocycles. The molecule has 0 aliphatic rings. The molecule has 0 saturated heterocycles. The lowest BCUT2D eigenvalue weighted by Gasteiger charge is -2.15. The molecule has 0 spiro atoms. The molecule has 1 atom stereocenters. The molecule has 0 aromatic rings. The summed E-state index contributed by atoms with van der Waals surface area (Å²) in [6.45, 7) is 4.13. The van der Waals surface area contributed by atoms with Gasteiger partial charge in [-0.15, -0.1) is 0 Å². The first-order valence-electron chi connectivity index (χ1n) is 18.2. The number of carbonyl (C=O) groups excluding carboxylic acids is 2. The zero-order chi connectivity index (χ0) is 30.8. The molecule has 0 fully saturated rings. The van der Waals surface area contributed by atoms with E-state index in [0.29, 0.717) is 12.8 Å². The third-order valence-corrected chi connectivity index (χ3v) is 8.06. The molecule has 0 amide bonds. The summed E-state index contributed by atoms with van der Waals surface area (Å²) >= 11 is 0. The summed E-state index contributed by atoms with van der Waals surface area (Å²) in [7, 11) is 0. The predicted molar refractivity (Wildman–Crippen MR) is 178 cm³/mol. The van der Waals surface area contributed by atoms with Gasteiger partial charge in [-0.3, -0.25) is 9.59 Å². The average molecular weight is 595 g/mol. The molecule has 5 heteroatoms. The number of ether oxygens (including phenoxy) is 2. The number of rotatable bonds is 33. The van der Waals surface area contributed by atoms with Crippen LogP contribution in [0.5, 0.6) is 0 Å². The minimum atomic E-state index is -0.766. The maximum absolute atomic E-state index is 12.1. The Morgan fingerprint density at radius 2 is 0.881 bits per heavy atom. The van der Waals surface area contributed by atoms with E-state index >= 15 is 0 Å². The third-order valence-electron chi connectivity index (χ3n) is 8.06. The second-order valence-corrected chi connectivity index (χ2v) is 12.3. The van der Waals surface area contributed by atoms with Gasteiger partial charge in [0.2, 0.25) is 0 Å². The SMILES string of the molecule is CCCCCCCC/C=C/CCCCCCCC(=O)OC[C@@H](CO)OC(=O)CCCCCCCCCCCCCCC. The van der Waals surface area contributed by atoms with Crippen LogP contribution in [0.15, 0.2) is 12.2 Å². The Morgan fingerprint density at radius 3 is 1.29 bits per heavy atom. The molecule has 0 bridgehead atoms. The Kier molecular flexibility index (Phi) is 33.0. The van der Waals surface area contributed by atoms with Crippen LogP contribution in [-0.2, 0) is 19.1 Å². The summed E-state index contributed by atoms with van der Waals surface area (Å²) in [5, 5.41) is 9.52. The number of allylic oxidation sites excluding steroid dienone is 2. The summed E-state index contributed by atoms with van der Waals surface area (Å²) in [6.07, 6.45) is 36.9. The predicted octanol–water partition coefficient (Wildman–Crippen LogP) is 11.0. The Balaban J connectivity index is 3.55. The summed E-state index contributed by atoms with van der Waals surface area (Å²) in [5.41, 5.74) is 0. The molecular weight excluding hydrogens is 524 g/mol. The Labute approximate surface area is 261 Å². The van der Waals surface area contributed by atoms with Gasteiger partial charge in [-0.05, 0) is 38.5 Å². The monoisotopic (exact) mass is 595 g/mol. The molecule has 5 nitrogen and oxygen atoms in total. The largest absolute Gasteiger partial charge is 0.462 e. The lowest BCUT2D eigenvalue weighted by Crippen LogP contribution is -2.28. The second kappa shape index (κ2) is 34.1. The second-order valence-electron chi connectivity index (χ2n) is 12.3. The number of carbonyl (C=O) groups is 2. The number of unbranched alkanes of at least 4 members (excludes halogenated alkanes) is 23. The highest BCUT2D eigenvalue weighted by Crippen LogP contribution is 2.14. The highest BCUT2D eigenvalue weighted by Gasteiger charge is 2.16. The van der Waals surface area contributed by atoms with E-state index in [1.54, 1.807) is 0 Å². The first-order chi connectivity index (χ1) is 20.6. The van der Waals surface area contributed by atoms with Gasteiger partial charge in [0.15, 0.2) is 6.10 Å². The first-order valence-corrected chi connectivity index (χ1v) is 18.2. The Hall–Kier alpha value is -1.36. The van der Waals surface area contributed by atoms with E-state index in [-0.39, 0.29) is 25.2 Å². The minimum Gasteiger partial charge on any atom is -0.462 e. The van der Waals surface area contributed by atoms with Crippen LogP contribution in [0.25, 0.3) is 0 Å². The van der Waals surface area contributed by atoms with Gasteiger partial charge in [-0.25, -0.2) is 0 Å². The van der Waals surface area contributed by atoms with Crippen LogP contribution >= 0.6 is 0 Å². The Morgan fingerprint density at radius 1 is 0.524 bits per heavy atom. The van der Waals surface area contributed by atoms with Crippen molar-refractivity contribution in [1.29, 1.82) is 0 Å². The summed E-state index contributed by atoms with van der Waals surface area (Å²) < 4.78 is 10.6. The van der Waals surface area contributed by atoms with Crippen molar-refractivity contribution >= 4 is 11.9 Å². The first kappa shape index (κ1) is 40.6. The van der Waals surface area contributed by atoms with Crippen LogP contribution < -0.4 is 0 Å². The zero-order valence-electron chi connectivity index (χ0n) is 28.0. The van der Waals surface area contributed by atoms with Crippen molar-refractivity contribution in [3.05, 3.63) is 12.2 Å². The van der Waals surface area contributed by atoms with Crippen LogP contribution in [0.4, 0.5) is 0 Å². The molecule has 0 aromatic carbocycles. The molecule has 0 aliphatic heterocycles. The quantitative estimate of drug-likeness (QED) is 0.0465. The van der Waals surface area contributed by atoms with Crippen molar-refractivity contribution < 1.29 is 24.2 Å². The van der Waals surface area contributed by atoms with Gasteiger partial charge in [0.1, 0.15) is 6.61 Å². The number of hydrogen-bond acceptors (Lipinski definition) is 5. The number of aliphatic hydroxyl groups excluding tert-OH is 1. The summed E-state index contributed by atoms with van der Waals surface area (Å²) in [6, 6.07) is 0. The highest BCUT2D eigenvalue weighted by molar-refractivity contribution is 5.70. The summed E-state index contributed by atoms with van der Waals surface area (Å²) in [5.74, 6) is -0.593. The van der Waals surface area contributed by atoms with Gasteiger partial charge in [-0.1, -0.05) is 154 Å². The van der Waals surface area contributed by atoms with Crippen molar-refractivity contribution in [2.24, 2.45) is 0 Å². The van der Waals surface area contributed by atoms with Gasteiger partial charge in [0, 0.05) is 12.8 Å².